The van der Waals surface area contributed by atoms with Crippen LogP contribution in [-0.2, 0) is 16.4 Å². The summed E-state index contributed by atoms with van der Waals surface area (Å²) in [5.74, 6) is 0.421. The molecule has 1 aromatic heterocycles. The molecule has 37 heavy (non-hydrogen) atoms. The number of hydrogen-bond donors (Lipinski definition) is 1. The van der Waals surface area contributed by atoms with E-state index in [1.165, 1.54) is 0 Å². The van der Waals surface area contributed by atoms with E-state index in [0.29, 0.717) is 30.3 Å². The topological polar surface area (TPSA) is 95.7 Å². The standard InChI is InChI=1S/C28H30N4O4S/c1-19-17-22(11-12-23(19)27(33)31(2)3)29-28-30-25-6-4-5-24(26(25)36-28)21-9-7-20(8-10-21)18-32-13-15-37(34,35)16-14-32/h4-12,17H,13-16,18H2,1-3H3,(H,29,30). The summed E-state index contributed by atoms with van der Waals surface area (Å²) in [6, 6.07) is 20.1. The Morgan fingerprint density at radius 3 is 2.46 bits per heavy atom. The summed E-state index contributed by atoms with van der Waals surface area (Å²) < 4.78 is 29.5. The van der Waals surface area contributed by atoms with Gasteiger partial charge in [-0.15, -0.1) is 0 Å². The molecule has 1 saturated heterocycles. The molecule has 1 N–H and O–H groups in total. The van der Waals surface area contributed by atoms with Crippen molar-refractivity contribution >= 4 is 38.5 Å². The summed E-state index contributed by atoms with van der Waals surface area (Å²) in [5, 5.41) is 3.22. The fraction of sp³-hybridized carbons (Fsp3) is 0.286. The van der Waals surface area contributed by atoms with E-state index in [-0.39, 0.29) is 17.4 Å². The third-order valence-electron chi connectivity index (χ3n) is 6.64. The van der Waals surface area contributed by atoms with Gasteiger partial charge in [0.2, 0.25) is 0 Å². The molecule has 0 atom stereocenters. The van der Waals surface area contributed by atoms with Gasteiger partial charge in [0, 0.05) is 50.5 Å². The molecule has 9 heteroatoms. The van der Waals surface area contributed by atoms with Gasteiger partial charge < -0.3 is 14.6 Å². The lowest BCUT2D eigenvalue weighted by atomic mass is 10.0. The number of sulfone groups is 1. The molecular formula is C28H30N4O4S. The molecule has 1 fully saturated rings. The van der Waals surface area contributed by atoms with Crippen molar-refractivity contribution in [3.8, 4) is 11.1 Å². The SMILES string of the molecule is Cc1cc(Nc2nc3cccc(-c4ccc(CN5CCS(=O)(=O)CC5)cc4)c3o2)ccc1C(=O)N(C)C. The van der Waals surface area contributed by atoms with Gasteiger partial charge in [-0.05, 0) is 47.9 Å². The third kappa shape index (κ3) is 5.52. The Morgan fingerprint density at radius 1 is 1.05 bits per heavy atom. The maximum Gasteiger partial charge on any atom is 0.300 e. The van der Waals surface area contributed by atoms with Crippen molar-refractivity contribution in [3.05, 3.63) is 77.4 Å². The average molecular weight is 519 g/mol. The summed E-state index contributed by atoms with van der Waals surface area (Å²) in [6.45, 7) is 3.79. The Morgan fingerprint density at radius 2 is 1.78 bits per heavy atom. The normalized spacial score (nSPS) is 15.5. The predicted octanol–water partition coefficient (Wildman–Crippen LogP) is 4.48. The maximum atomic E-state index is 12.3. The number of amides is 1. The second-order valence-electron chi connectivity index (χ2n) is 9.65. The van der Waals surface area contributed by atoms with Crippen LogP contribution in [0, 0.1) is 6.92 Å². The predicted molar refractivity (Wildman–Crippen MR) is 146 cm³/mol. The molecule has 4 aromatic rings. The summed E-state index contributed by atoms with van der Waals surface area (Å²) in [5.41, 5.74) is 6.84. The molecule has 0 saturated carbocycles. The quantitative estimate of drug-likeness (QED) is 0.402. The number of carbonyl (C=O) groups is 1. The molecule has 5 rings (SSSR count). The van der Waals surface area contributed by atoms with Crippen LogP contribution in [0.1, 0.15) is 21.5 Å². The molecule has 2 heterocycles. The van der Waals surface area contributed by atoms with E-state index in [0.717, 1.165) is 40.0 Å². The fourth-order valence-corrected chi connectivity index (χ4v) is 5.81. The van der Waals surface area contributed by atoms with Crippen LogP contribution in [0.4, 0.5) is 11.7 Å². The van der Waals surface area contributed by atoms with Gasteiger partial charge in [-0.25, -0.2) is 8.42 Å². The molecule has 0 bridgehead atoms. The lowest BCUT2D eigenvalue weighted by Crippen LogP contribution is -2.39. The minimum absolute atomic E-state index is 0.0366. The number of fused-ring (bicyclic) bond motifs is 1. The Labute approximate surface area is 216 Å². The van der Waals surface area contributed by atoms with Crippen LogP contribution >= 0.6 is 0 Å². The minimum atomic E-state index is -2.88. The first-order chi connectivity index (χ1) is 17.7. The third-order valence-corrected chi connectivity index (χ3v) is 8.25. The molecule has 3 aromatic carbocycles. The highest BCUT2D eigenvalue weighted by atomic mass is 32.2. The number of para-hydroxylation sites is 1. The smallest absolute Gasteiger partial charge is 0.300 e. The van der Waals surface area contributed by atoms with E-state index in [2.05, 4.69) is 39.5 Å². The number of hydrogen-bond acceptors (Lipinski definition) is 7. The number of oxazole rings is 1. The zero-order chi connectivity index (χ0) is 26.2. The Bertz CT molecular complexity index is 1550. The summed E-state index contributed by atoms with van der Waals surface area (Å²) in [7, 11) is 0.595. The van der Waals surface area contributed by atoms with Crippen molar-refractivity contribution in [2.75, 3.05) is 44.0 Å². The van der Waals surface area contributed by atoms with Gasteiger partial charge in [-0.3, -0.25) is 9.69 Å². The number of aryl methyl sites for hydroxylation is 1. The van der Waals surface area contributed by atoms with Crippen LogP contribution < -0.4 is 5.32 Å². The van der Waals surface area contributed by atoms with Gasteiger partial charge in [0.15, 0.2) is 15.4 Å². The van der Waals surface area contributed by atoms with Crippen LogP contribution in [-0.4, -0.2) is 67.8 Å². The van der Waals surface area contributed by atoms with Crippen LogP contribution in [0.5, 0.6) is 0 Å². The van der Waals surface area contributed by atoms with Crippen LogP contribution in [0.3, 0.4) is 0 Å². The molecule has 0 spiro atoms. The Balaban J connectivity index is 1.33. The van der Waals surface area contributed by atoms with Crippen molar-refractivity contribution < 1.29 is 17.6 Å². The summed E-state index contributed by atoms with van der Waals surface area (Å²) in [4.78, 5) is 20.7. The van der Waals surface area contributed by atoms with E-state index in [9.17, 15) is 13.2 Å². The Kier molecular flexibility index (Phi) is 6.74. The maximum absolute atomic E-state index is 12.3. The number of rotatable bonds is 6. The molecule has 192 valence electrons. The van der Waals surface area contributed by atoms with Crippen molar-refractivity contribution in [2.24, 2.45) is 0 Å². The number of nitrogens with zero attached hydrogens (tertiary/aromatic N) is 3. The summed E-state index contributed by atoms with van der Waals surface area (Å²) >= 11 is 0. The number of anilines is 2. The van der Waals surface area contributed by atoms with E-state index >= 15 is 0 Å². The van der Waals surface area contributed by atoms with Crippen LogP contribution in [0.15, 0.2) is 65.1 Å². The van der Waals surface area contributed by atoms with Gasteiger partial charge in [0.25, 0.3) is 11.9 Å². The second-order valence-corrected chi connectivity index (χ2v) is 12.0. The highest BCUT2D eigenvalue weighted by molar-refractivity contribution is 7.91. The minimum Gasteiger partial charge on any atom is -0.423 e. The molecule has 1 amide bonds. The van der Waals surface area contributed by atoms with Gasteiger partial charge in [-0.1, -0.05) is 36.4 Å². The molecule has 8 nitrogen and oxygen atoms in total. The molecule has 0 aliphatic carbocycles. The lowest BCUT2D eigenvalue weighted by molar-refractivity contribution is 0.0827. The van der Waals surface area contributed by atoms with Gasteiger partial charge >= 0.3 is 0 Å². The van der Waals surface area contributed by atoms with Crippen molar-refractivity contribution in [1.29, 1.82) is 0 Å². The van der Waals surface area contributed by atoms with Gasteiger partial charge in [-0.2, -0.15) is 4.98 Å². The van der Waals surface area contributed by atoms with E-state index < -0.39 is 9.84 Å². The average Bonchev–Trinajstić information content (AvgIpc) is 3.28. The first kappa shape index (κ1) is 25.0. The molecule has 1 aliphatic heterocycles. The number of nitrogens with one attached hydrogen (secondary N) is 1. The van der Waals surface area contributed by atoms with Crippen molar-refractivity contribution in [3.63, 3.8) is 0 Å². The summed E-state index contributed by atoms with van der Waals surface area (Å²) in [6.07, 6.45) is 0. The van der Waals surface area contributed by atoms with Crippen LogP contribution in [0.25, 0.3) is 22.2 Å². The number of carbonyl (C=O) groups excluding carboxylic acids is 1. The van der Waals surface area contributed by atoms with Gasteiger partial charge in [0.05, 0.1) is 11.5 Å². The zero-order valence-corrected chi connectivity index (χ0v) is 22.0. The highest BCUT2D eigenvalue weighted by Crippen LogP contribution is 2.32. The molecular weight excluding hydrogens is 488 g/mol. The van der Waals surface area contributed by atoms with Gasteiger partial charge in [0.1, 0.15) is 5.52 Å². The van der Waals surface area contributed by atoms with Crippen molar-refractivity contribution in [2.45, 2.75) is 13.5 Å². The molecule has 0 unspecified atom stereocenters. The lowest BCUT2D eigenvalue weighted by Gasteiger charge is -2.26. The number of benzene rings is 3. The highest BCUT2D eigenvalue weighted by Gasteiger charge is 2.21. The fourth-order valence-electron chi connectivity index (χ4n) is 4.53. The molecule has 0 radical (unpaired) electrons. The second kappa shape index (κ2) is 9.99. The first-order valence-corrected chi connectivity index (χ1v) is 14.0. The Hall–Kier alpha value is -3.69. The van der Waals surface area contributed by atoms with Crippen LogP contribution in [0.2, 0.25) is 0 Å². The van der Waals surface area contributed by atoms with E-state index in [4.69, 9.17) is 4.42 Å². The van der Waals surface area contributed by atoms with E-state index in [1.54, 1.807) is 25.1 Å². The monoisotopic (exact) mass is 518 g/mol. The van der Waals surface area contributed by atoms with Crippen molar-refractivity contribution in [1.82, 2.24) is 14.8 Å². The number of aromatic nitrogens is 1. The van der Waals surface area contributed by atoms with E-state index in [1.807, 2.05) is 37.3 Å². The molecule has 1 aliphatic rings. The zero-order valence-electron chi connectivity index (χ0n) is 21.2. The largest absolute Gasteiger partial charge is 0.423 e. The first-order valence-electron chi connectivity index (χ1n) is 12.2.